The zero-order valence-electron chi connectivity index (χ0n) is 10.6. The number of hydrogen-bond acceptors (Lipinski definition) is 1. The van der Waals surface area contributed by atoms with Crippen molar-refractivity contribution in [3.63, 3.8) is 0 Å². The second-order valence-electron chi connectivity index (χ2n) is 5.07. The molecule has 1 saturated heterocycles. The monoisotopic (exact) mass is 217 g/mol. The standard InChI is InChI=1S/C15H23N/c1-3-4-13-5-7-14(8-6-13)15-9-11-16(2)12-10-15/h5-8,15H,3-4,9-12H2,1-2H3. The summed E-state index contributed by atoms with van der Waals surface area (Å²) in [6, 6.07) is 9.33. The van der Waals surface area contributed by atoms with E-state index in [2.05, 4.69) is 43.1 Å². The van der Waals surface area contributed by atoms with Crippen LogP contribution in [0.2, 0.25) is 0 Å². The summed E-state index contributed by atoms with van der Waals surface area (Å²) in [6.45, 7) is 4.74. The molecule has 0 spiro atoms. The van der Waals surface area contributed by atoms with E-state index in [1.54, 1.807) is 5.56 Å². The maximum absolute atomic E-state index is 2.43. The van der Waals surface area contributed by atoms with E-state index in [1.807, 2.05) is 0 Å². The Morgan fingerprint density at radius 3 is 2.31 bits per heavy atom. The number of nitrogens with zero attached hydrogens (tertiary/aromatic N) is 1. The lowest BCUT2D eigenvalue weighted by molar-refractivity contribution is 0.255. The highest BCUT2D eigenvalue weighted by Crippen LogP contribution is 2.27. The van der Waals surface area contributed by atoms with Crippen LogP contribution in [0.25, 0.3) is 0 Å². The van der Waals surface area contributed by atoms with Crippen molar-refractivity contribution in [2.75, 3.05) is 20.1 Å². The predicted molar refractivity (Wildman–Crippen MR) is 69.9 cm³/mol. The summed E-state index contributed by atoms with van der Waals surface area (Å²) in [6.07, 6.45) is 5.11. The molecule has 0 unspecified atom stereocenters. The van der Waals surface area contributed by atoms with E-state index in [-0.39, 0.29) is 0 Å². The Bertz CT molecular complexity index is 307. The molecule has 0 aliphatic carbocycles. The van der Waals surface area contributed by atoms with Gasteiger partial charge in [0.2, 0.25) is 0 Å². The van der Waals surface area contributed by atoms with Gasteiger partial charge in [0.1, 0.15) is 0 Å². The van der Waals surface area contributed by atoms with Gasteiger partial charge >= 0.3 is 0 Å². The van der Waals surface area contributed by atoms with Crippen molar-refractivity contribution in [3.8, 4) is 0 Å². The Morgan fingerprint density at radius 1 is 1.12 bits per heavy atom. The molecule has 0 saturated carbocycles. The first kappa shape index (κ1) is 11.7. The van der Waals surface area contributed by atoms with E-state index in [4.69, 9.17) is 0 Å². The SMILES string of the molecule is CCCc1ccc(C2CCN(C)CC2)cc1. The minimum atomic E-state index is 0.798. The molecule has 1 aromatic rings. The average molecular weight is 217 g/mol. The lowest BCUT2D eigenvalue weighted by Crippen LogP contribution is -2.29. The van der Waals surface area contributed by atoms with Crippen LogP contribution in [-0.2, 0) is 6.42 Å². The summed E-state index contributed by atoms with van der Waals surface area (Å²) in [4.78, 5) is 2.43. The van der Waals surface area contributed by atoms with Crippen molar-refractivity contribution in [2.45, 2.75) is 38.5 Å². The zero-order valence-corrected chi connectivity index (χ0v) is 10.6. The smallest absolute Gasteiger partial charge is 0.00159 e. The first-order valence-corrected chi connectivity index (χ1v) is 6.57. The van der Waals surface area contributed by atoms with E-state index in [0.717, 1.165) is 5.92 Å². The Kier molecular flexibility index (Phi) is 4.00. The summed E-state index contributed by atoms with van der Waals surface area (Å²) in [5.74, 6) is 0.798. The van der Waals surface area contributed by atoms with Gasteiger partial charge < -0.3 is 4.90 Å². The summed E-state index contributed by atoms with van der Waals surface area (Å²) in [5, 5.41) is 0. The van der Waals surface area contributed by atoms with Crippen LogP contribution in [0.1, 0.15) is 43.2 Å². The zero-order chi connectivity index (χ0) is 11.4. The third-order valence-electron chi connectivity index (χ3n) is 3.71. The molecule has 0 amide bonds. The van der Waals surface area contributed by atoms with Crippen LogP contribution in [0, 0.1) is 0 Å². The van der Waals surface area contributed by atoms with Crippen LogP contribution >= 0.6 is 0 Å². The van der Waals surface area contributed by atoms with E-state index < -0.39 is 0 Å². The predicted octanol–water partition coefficient (Wildman–Crippen LogP) is 3.45. The molecule has 1 aliphatic rings. The molecule has 0 atom stereocenters. The molecule has 1 heterocycles. The van der Waals surface area contributed by atoms with Gasteiger partial charge in [0.15, 0.2) is 0 Å². The topological polar surface area (TPSA) is 3.24 Å². The van der Waals surface area contributed by atoms with Gasteiger partial charge in [0.05, 0.1) is 0 Å². The molecule has 1 aromatic carbocycles. The fourth-order valence-corrected chi connectivity index (χ4v) is 2.59. The number of aryl methyl sites for hydroxylation is 1. The van der Waals surface area contributed by atoms with E-state index >= 15 is 0 Å². The highest BCUT2D eigenvalue weighted by molar-refractivity contribution is 5.25. The van der Waals surface area contributed by atoms with Crippen molar-refractivity contribution in [1.29, 1.82) is 0 Å². The van der Waals surface area contributed by atoms with E-state index in [9.17, 15) is 0 Å². The number of piperidine rings is 1. The molecule has 88 valence electrons. The van der Waals surface area contributed by atoms with Crippen LogP contribution in [0.3, 0.4) is 0 Å². The van der Waals surface area contributed by atoms with Crippen molar-refractivity contribution in [2.24, 2.45) is 0 Å². The maximum atomic E-state index is 2.43. The fraction of sp³-hybridized carbons (Fsp3) is 0.600. The molecule has 1 aliphatic heterocycles. The second kappa shape index (κ2) is 5.49. The van der Waals surface area contributed by atoms with Gasteiger partial charge in [-0.25, -0.2) is 0 Å². The van der Waals surface area contributed by atoms with Crippen LogP contribution in [0.5, 0.6) is 0 Å². The molecule has 0 aromatic heterocycles. The van der Waals surface area contributed by atoms with Crippen LogP contribution in [-0.4, -0.2) is 25.0 Å². The molecule has 16 heavy (non-hydrogen) atoms. The molecule has 1 nitrogen and oxygen atoms in total. The number of benzene rings is 1. The molecule has 1 heteroatoms. The lowest BCUT2D eigenvalue weighted by Gasteiger charge is -2.29. The molecule has 0 radical (unpaired) electrons. The minimum absolute atomic E-state index is 0.798. The second-order valence-corrected chi connectivity index (χ2v) is 5.07. The van der Waals surface area contributed by atoms with Gasteiger partial charge in [-0.1, -0.05) is 37.6 Å². The third kappa shape index (κ3) is 2.85. The largest absolute Gasteiger partial charge is 0.306 e. The van der Waals surface area contributed by atoms with Gasteiger partial charge in [0.25, 0.3) is 0 Å². The Morgan fingerprint density at radius 2 is 1.75 bits per heavy atom. The lowest BCUT2D eigenvalue weighted by atomic mass is 9.89. The molecule has 0 bridgehead atoms. The highest BCUT2D eigenvalue weighted by atomic mass is 15.1. The summed E-state index contributed by atoms with van der Waals surface area (Å²) >= 11 is 0. The van der Waals surface area contributed by atoms with Gasteiger partial charge in [-0.3, -0.25) is 0 Å². The minimum Gasteiger partial charge on any atom is -0.306 e. The number of likely N-dealkylation sites (tertiary alicyclic amines) is 1. The maximum Gasteiger partial charge on any atom is -0.00159 e. The highest BCUT2D eigenvalue weighted by Gasteiger charge is 2.17. The first-order chi connectivity index (χ1) is 7.79. The van der Waals surface area contributed by atoms with Crippen molar-refractivity contribution < 1.29 is 0 Å². The average Bonchev–Trinajstić information content (AvgIpc) is 2.32. The summed E-state index contributed by atoms with van der Waals surface area (Å²) in [7, 11) is 2.22. The molecule has 1 fully saturated rings. The Balaban J connectivity index is 1.98. The molecular formula is C15H23N. The molecule has 0 N–H and O–H groups in total. The van der Waals surface area contributed by atoms with Gasteiger partial charge in [-0.2, -0.15) is 0 Å². The van der Waals surface area contributed by atoms with Crippen LogP contribution in [0.15, 0.2) is 24.3 Å². The quantitative estimate of drug-likeness (QED) is 0.749. The van der Waals surface area contributed by atoms with Crippen molar-refractivity contribution >= 4 is 0 Å². The normalized spacial score (nSPS) is 18.9. The van der Waals surface area contributed by atoms with Gasteiger partial charge in [0, 0.05) is 0 Å². The van der Waals surface area contributed by atoms with Crippen molar-refractivity contribution in [3.05, 3.63) is 35.4 Å². The molecular weight excluding hydrogens is 194 g/mol. The summed E-state index contributed by atoms with van der Waals surface area (Å²) < 4.78 is 0. The van der Waals surface area contributed by atoms with E-state index in [1.165, 1.54) is 44.3 Å². The van der Waals surface area contributed by atoms with Crippen molar-refractivity contribution in [1.82, 2.24) is 4.90 Å². The van der Waals surface area contributed by atoms with Crippen LogP contribution in [0.4, 0.5) is 0 Å². The molecule has 2 rings (SSSR count). The van der Waals surface area contributed by atoms with E-state index in [0.29, 0.717) is 0 Å². The fourth-order valence-electron chi connectivity index (χ4n) is 2.59. The number of rotatable bonds is 3. The number of hydrogen-bond donors (Lipinski definition) is 0. The first-order valence-electron chi connectivity index (χ1n) is 6.57. The third-order valence-corrected chi connectivity index (χ3v) is 3.71. The Hall–Kier alpha value is -0.820. The van der Waals surface area contributed by atoms with Gasteiger partial charge in [-0.15, -0.1) is 0 Å². The Labute approximate surface area is 99.5 Å². The van der Waals surface area contributed by atoms with Gasteiger partial charge in [-0.05, 0) is 56.4 Å². The summed E-state index contributed by atoms with van der Waals surface area (Å²) in [5.41, 5.74) is 3.03. The van der Waals surface area contributed by atoms with Crippen LogP contribution < -0.4 is 0 Å².